The number of halogens is 1. The molecule has 28 heavy (non-hydrogen) atoms. The van der Waals surface area contributed by atoms with Gasteiger partial charge < -0.3 is 9.80 Å². The Bertz CT molecular complexity index is 886. The van der Waals surface area contributed by atoms with E-state index in [0.717, 1.165) is 29.4 Å². The fourth-order valence-electron chi connectivity index (χ4n) is 3.56. The summed E-state index contributed by atoms with van der Waals surface area (Å²) in [5.41, 5.74) is 5.27. The van der Waals surface area contributed by atoms with Crippen molar-refractivity contribution in [1.29, 1.82) is 0 Å². The summed E-state index contributed by atoms with van der Waals surface area (Å²) in [5.74, 6) is 0.0873. The number of carbonyl (C=O) groups excluding carboxylic acids is 2. The number of hydrogen-bond acceptors (Lipinski definition) is 3. The van der Waals surface area contributed by atoms with Crippen molar-refractivity contribution in [2.24, 2.45) is 0 Å². The summed E-state index contributed by atoms with van der Waals surface area (Å²) in [4.78, 5) is 29.1. The van der Waals surface area contributed by atoms with E-state index in [9.17, 15) is 9.59 Å². The van der Waals surface area contributed by atoms with Crippen LogP contribution < -0.4 is 4.90 Å². The molecule has 4 nitrogen and oxygen atoms in total. The van der Waals surface area contributed by atoms with Gasteiger partial charge in [0.1, 0.15) is 0 Å². The van der Waals surface area contributed by atoms with Crippen molar-refractivity contribution in [3.63, 3.8) is 0 Å². The van der Waals surface area contributed by atoms with Gasteiger partial charge >= 0.3 is 0 Å². The first-order chi connectivity index (χ1) is 13.3. The van der Waals surface area contributed by atoms with Crippen molar-refractivity contribution in [3.8, 4) is 0 Å². The molecule has 3 rings (SSSR count). The highest BCUT2D eigenvalue weighted by Gasteiger charge is 2.22. The molecule has 2 aromatic carbocycles. The zero-order valence-electron chi connectivity index (χ0n) is 16.8. The van der Waals surface area contributed by atoms with E-state index in [1.165, 1.54) is 11.1 Å². The summed E-state index contributed by atoms with van der Waals surface area (Å²) in [5, 5.41) is 0.726. The van der Waals surface area contributed by atoms with E-state index in [1.807, 2.05) is 55.1 Å². The van der Waals surface area contributed by atoms with Crippen molar-refractivity contribution in [1.82, 2.24) is 4.90 Å². The van der Waals surface area contributed by atoms with Gasteiger partial charge in [-0.05, 0) is 55.7 Å². The number of aryl methyl sites for hydroxylation is 3. The SMILES string of the molecule is Cc1ccc(C(=O)CCC(=O)N2CCN(c3cc(Cl)ccc3C)CC2)cc1C. The first-order valence-corrected chi connectivity index (χ1v) is 10.1. The van der Waals surface area contributed by atoms with Crippen LogP contribution in [0.5, 0.6) is 0 Å². The minimum Gasteiger partial charge on any atom is -0.368 e. The van der Waals surface area contributed by atoms with Crippen LogP contribution in [0.3, 0.4) is 0 Å². The van der Waals surface area contributed by atoms with Gasteiger partial charge in [-0.15, -0.1) is 0 Å². The molecule has 0 saturated carbocycles. The number of Topliss-reactive ketones (excluding diaryl/α,β-unsaturated/α-hetero) is 1. The summed E-state index contributed by atoms with van der Waals surface area (Å²) >= 11 is 6.13. The van der Waals surface area contributed by atoms with E-state index >= 15 is 0 Å². The van der Waals surface area contributed by atoms with E-state index in [-0.39, 0.29) is 24.5 Å². The molecule has 0 atom stereocenters. The van der Waals surface area contributed by atoms with Gasteiger partial charge in [0.25, 0.3) is 0 Å². The topological polar surface area (TPSA) is 40.6 Å². The monoisotopic (exact) mass is 398 g/mol. The molecule has 148 valence electrons. The van der Waals surface area contributed by atoms with Gasteiger partial charge in [0.2, 0.25) is 5.91 Å². The van der Waals surface area contributed by atoms with Crippen LogP contribution in [0.1, 0.15) is 39.9 Å². The smallest absolute Gasteiger partial charge is 0.223 e. The minimum atomic E-state index is 0.0321. The molecule has 2 aromatic rings. The molecule has 0 unspecified atom stereocenters. The molecule has 1 amide bonds. The van der Waals surface area contributed by atoms with Gasteiger partial charge in [-0.1, -0.05) is 29.8 Å². The molecule has 1 saturated heterocycles. The zero-order chi connectivity index (χ0) is 20.3. The van der Waals surface area contributed by atoms with Crippen LogP contribution in [0, 0.1) is 20.8 Å². The third kappa shape index (κ3) is 4.74. The number of amides is 1. The lowest BCUT2D eigenvalue weighted by Gasteiger charge is -2.37. The molecule has 5 heteroatoms. The second-order valence-corrected chi connectivity index (χ2v) is 7.96. The molecule has 1 heterocycles. The fourth-order valence-corrected chi connectivity index (χ4v) is 3.72. The van der Waals surface area contributed by atoms with E-state index in [2.05, 4.69) is 11.8 Å². The van der Waals surface area contributed by atoms with Crippen molar-refractivity contribution in [2.45, 2.75) is 33.6 Å². The lowest BCUT2D eigenvalue weighted by molar-refractivity contribution is -0.131. The number of benzene rings is 2. The van der Waals surface area contributed by atoms with Crippen molar-refractivity contribution in [2.75, 3.05) is 31.1 Å². The maximum atomic E-state index is 12.6. The third-order valence-electron chi connectivity index (χ3n) is 5.54. The van der Waals surface area contributed by atoms with E-state index in [0.29, 0.717) is 18.7 Å². The van der Waals surface area contributed by atoms with Crippen LogP contribution in [-0.4, -0.2) is 42.8 Å². The van der Waals surface area contributed by atoms with Gasteiger partial charge in [-0.3, -0.25) is 9.59 Å². The Balaban J connectivity index is 1.52. The van der Waals surface area contributed by atoms with Gasteiger partial charge in [-0.2, -0.15) is 0 Å². The molecular formula is C23H27ClN2O2. The van der Waals surface area contributed by atoms with Crippen LogP contribution >= 0.6 is 11.6 Å². The second kappa shape index (κ2) is 8.78. The third-order valence-corrected chi connectivity index (χ3v) is 5.77. The van der Waals surface area contributed by atoms with E-state index < -0.39 is 0 Å². The van der Waals surface area contributed by atoms with Crippen molar-refractivity contribution >= 4 is 29.0 Å². The molecule has 1 fully saturated rings. The average Bonchev–Trinajstić information content (AvgIpc) is 2.70. The van der Waals surface area contributed by atoms with Crippen molar-refractivity contribution < 1.29 is 9.59 Å². The standard InChI is InChI=1S/C23H27ClN2O2/c1-16-4-6-19(14-18(16)3)22(27)8-9-23(28)26-12-10-25(11-13-26)21-15-20(24)7-5-17(21)2/h4-7,14-15H,8-13H2,1-3H3. The number of rotatable bonds is 5. The highest BCUT2D eigenvalue weighted by atomic mass is 35.5. The molecule has 0 aliphatic carbocycles. The molecule has 1 aliphatic heterocycles. The van der Waals surface area contributed by atoms with Gasteiger partial charge in [-0.25, -0.2) is 0 Å². The van der Waals surface area contributed by atoms with Gasteiger partial charge in [0, 0.05) is 55.3 Å². The van der Waals surface area contributed by atoms with E-state index in [4.69, 9.17) is 11.6 Å². The number of carbonyl (C=O) groups is 2. The molecule has 0 spiro atoms. The number of nitrogens with zero attached hydrogens (tertiary/aromatic N) is 2. The van der Waals surface area contributed by atoms with Crippen LogP contribution in [0.15, 0.2) is 36.4 Å². The maximum absolute atomic E-state index is 12.6. The predicted octanol–water partition coefficient (Wildman–Crippen LogP) is 4.58. The molecule has 0 bridgehead atoms. The Kier molecular flexibility index (Phi) is 6.40. The van der Waals surface area contributed by atoms with Crippen LogP contribution in [-0.2, 0) is 4.79 Å². The Morgan fingerprint density at radius 3 is 2.21 bits per heavy atom. The number of ketones is 1. The Hall–Kier alpha value is -2.33. The highest BCUT2D eigenvalue weighted by Crippen LogP contribution is 2.25. The van der Waals surface area contributed by atoms with Crippen LogP contribution in [0.2, 0.25) is 5.02 Å². The lowest BCUT2D eigenvalue weighted by atomic mass is 10.0. The minimum absolute atomic E-state index is 0.0321. The summed E-state index contributed by atoms with van der Waals surface area (Å²) < 4.78 is 0. The fraction of sp³-hybridized carbons (Fsp3) is 0.391. The Labute approximate surface area is 172 Å². The number of anilines is 1. The molecule has 0 aromatic heterocycles. The zero-order valence-corrected chi connectivity index (χ0v) is 17.6. The first kappa shape index (κ1) is 20.4. The largest absolute Gasteiger partial charge is 0.368 e. The first-order valence-electron chi connectivity index (χ1n) is 9.74. The Morgan fingerprint density at radius 1 is 0.857 bits per heavy atom. The van der Waals surface area contributed by atoms with E-state index in [1.54, 1.807) is 0 Å². The molecular weight excluding hydrogens is 372 g/mol. The second-order valence-electron chi connectivity index (χ2n) is 7.52. The van der Waals surface area contributed by atoms with Gasteiger partial charge in [0.15, 0.2) is 5.78 Å². The van der Waals surface area contributed by atoms with Gasteiger partial charge in [0.05, 0.1) is 0 Å². The Morgan fingerprint density at radius 2 is 1.54 bits per heavy atom. The average molecular weight is 399 g/mol. The predicted molar refractivity (Wildman–Crippen MR) is 114 cm³/mol. The molecule has 0 radical (unpaired) electrons. The summed E-state index contributed by atoms with van der Waals surface area (Å²) in [6.45, 7) is 8.99. The number of piperazine rings is 1. The summed E-state index contributed by atoms with van der Waals surface area (Å²) in [6, 6.07) is 11.6. The molecule has 0 N–H and O–H groups in total. The maximum Gasteiger partial charge on any atom is 0.223 e. The number of hydrogen-bond donors (Lipinski definition) is 0. The quantitative estimate of drug-likeness (QED) is 0.692. The lowest BCUT2D eigenvalue weighted by Crippen LogP contribution is -2.49. The van der Waals surface area contributed by atoms with Crippen LogP contribution in [0.4, 0.5) is 5.69 Å². The highest BCUT2D eigenvalue weighted by molar-refractivity contribution is 6.30. The van der Waals surface area contributed by atoms with Crippen LogP contribution in [0.25, 0.3) is 0 Å². The normalized spacial score (nSPS) is 14.3. The molecule has 1 aliphatic rings. The summed E-state index contributed by atoms with van der Waals surface area (Å²) in [7, 11) is 0. The summed E-state index contributed by atoms with van der Waals surface area (Å²) in [6.07, 6.45) is 0.525. The van der Waals surface area contributed by atoms with Crippen molar-refractivity contribution in [3.05, 3.63) is 63.7 Å².